The molecule has 158 valence electrons. The van der Waals surface area contributed by atoms with E-state index in [9.17, 15) is 22.8 Å². The molecule has 1 unspecified atom stereocenters. The molecule has 28 heavy (non-hydrogen) atoms. The van der Waals surface area contributed by atoms with Gasteiger partial charge in [-0.25, -0.2) is 0 Å². The monoisotopic (exact) mass is 421 g/mol. The Labute approximate surface area is 169 Å². The maximum atomic E-state index is 12.8. The maximum absolute atomic E-state index is 12.8. The minimum Gasteiger partial charge on any atom is -0.349 e. The number of nitrogens with zero attached hydrogens (tertiary/aromatic N) is 1. The predicted octanol–water partition coefficient (Wildman–Crippen LogP) is 3.11. The van der Waals surface area contributed by atoms with Crippen molar-refractivity contribution in [2.24, 2.45) is 11.7 Å². The van der Waals surface area contributed by atoms with Crippen LogP contribution in [0.15, 0.2) is 24.3 Å². The highest BCUT2D eigenvalue weighted by Gasteiger charge is 2.37. The van der Waals surface area contributed by atoms with Gasteiger partial charge in [0.25, 0.3) is 0 Å². The quantitative estimate of drug-likeness (QED) is 0.710. The molecule has 0 aromatic heterocycles. The first-order chi connectivity index (χ1) is 12.6. The largest absolute Gasteiger partial charge is 0.416 e. The summed E-state index contributed by atoms with van der Waals surface area (Å²) < 4.78 is 38.5. The van der Waals surface area contributed by atoms with Gasteiger partial charge in [0.15, 0.2) is 0 Å². The molecule has 0 aliphatic carbocycles. The van der Waals surface area contributed by atoms with Gasteiger partial charge in [0, 0.05) is 26.1 Å². The third-order valence-corrected chi connectivity index (χ3v) is 5.35. The van der Waals surface area contributed by atoms with Crippen molar-refractivity contribution in [3.8, 4) is 0 Å². The number of halogens is 4. The van der Waals surface area contributed by atoms with Crippen molar-refractivity contribution in [2.45, 2.75) is 51.4 Å². The maximum Gasteiger partial charge on any atom is 0.416 e. The van der Waals surface area contributed by atoms with E-state index in [4.69, 9.17) is 5.73 Å². The molecule has 1 aliphatic rings. The van der Waals surface area contributed by atoms with Crippen LogP contribution >= 0.6 is 12.4 Å². The van der Waals surface area contributed by atoms with Gasteiger partial charge in [-0.3, -0.25) is 9.59 Å². The van der Waals surface area contributed by atoms with Gasteiger partial charge in [0.05, 0.1) is 17.0 Å². The molecule has 1 aliphatic heterocycles. The number of alkyl halides is 3. The second kappa shape index (κ2) is 9.60. The molecule has 0 bridgehead atoms. The fourth-order valence-corrected chi connectivity index (χ4v) is 3.30. The molecule has 1 fully saturated rings. The van der Waals surface area contributed by atoms with Crippen LogP contribution in [0.5, 0.6) is 0 Å². The molecule has 2 amide bonds. The first-order valence-electron chi connectivity index (χ1n) is 9.10. The Kier molecular flexibility index (Phi) is 8.31. The summed E-state index contributed by atoms with van der Waals surface area (Å²) in [6, 6.07) is 4.90. The number of carbonyl (C=O) groups excluding carboxylic acids is 2. The molecular formula is C19H27ClF3N3O2. The topological polar surface area (TPSA) is 75.4 Å². The number of nitrogens with two attached hydrogens (primary N) is 1. The Morgan fingerprint density at radius 2 is 1.93 bits per heavy atom. The number of likely N-dealkylation sites (tertiary alicyclic amines) is 1. The van der Waals surface area contributed by atoms with Crippen molar-refractivity contribution >= 4 is 24.2 Å². The zero-order chi connectivity index (χ0) is 20.2. The molecule has 3 N–H and O–H groups in total. The van der Waals surface area contributed by atoms with E-state index in [2.05, 4.69) is 5.32 Å². The number of nitrogens with one attached hydrogen (secondary N) is 1. The van der Waals surface area contributed by atoms with Crippen LogP contribution in [0.4, 0.5) is 13.2 Å². The van der Waals surface area contributed by atoms with E-state index in [1.807, 2.05) is 13.8 Å². The zero-order valence-corrected chi connectivity index (χ0v) is 16.8. The summed E-state index contributed by atoms with van der Waals surface area (Å²) in [5.41, 5.74) is 4.94. The number of benzene rings is 1. The Morgan fingerprint density at radius 3 is 2.46 bits per heavy atom. The summed E-state index contributed by atoms with van der Waals surface area (Å²) in [6.07, 6.45) is -3.01. The second-order valence-electron chi connectivity index (χ2n) is 7.05. The van der Waals surface area contributed by atoms with Gasteiger partial charge in [0.2, 0.25) is 11.8 Å². The molecule has 0 spiro atoms. The summed E-state index contributed by atoms with van der Waals surface area (Å²) in [5.74, 6) is -0.990. The average Bonchev–Trinajstić information content (AvgIpc) is 3.00. The number of rotatable bonds is 7. The van der Waals surface area contributed by atoms with Gasteiger partial charge in [-0.15, -0.1) is 12.4 Å². The Bertz CT molecular complexity index is 685. The highest BCUT2D eigenvalue weighted by Crippen LogP contribution is 2.30. The molecule has 1 aromatic carbocycles. The Morgan fingerprint density at radius 1 is 1.29 bits per heavy atom. The Balaban J connectivity index is 0.00000392. The number of hydrogen-bond donors (Lipinski definition) is 2. The molecule has 0 saturated carbocycles. The molecule has 1 saturated heterocycles. The van der Waals surface area contributed by atoms with Crippen LogP contribution in [0.1, 0.15) is 44.2 Å². The molecular weight excluding hydrogens is 395 g/mol. The van der Waals surface area contributed by atoms with Crippen molar-refractivity contribution in [1.82, 2.24) is 10.2 Å². The van der Waals surface area contributed by atoms with E-state index >= 15 is 0 Å². The lowest BCUT2D eigenvalue weighted by molar-refractivity contribution is -0.137. The van der Waals surface area contributed by atoms with Gasteiger partial charge in [-0.1, -0.05) is 26.0 Å². The fraction of sp³-hybridized carbons (Fsp3) is 0.579. The van der Waals surface area contributed by atoms with E-state index in [0.29, 0.717) is 24.9 Å². The third-order valence-electron chi connectivity index (χ3n) is 5.35. The van der Waals surface area contributed by atoms with Crippen molar-refractivity contribution in [2.75, 3.05) is 13.1 Å². The molecule has 1 aromatic rings. The lowest BCUT2D eigenvalue weighted by Gasteiger charge is -2.32. The molecule has 1 heterocycles. The van der Waals surface area contributed by atoms with Crippen LogP contribution in [0.3, 0.4) is 0 Å². The summed E-state index contributed by atoms with van der Waals surface area (Å²) in [6.45, 7) is 4.43. The van der Waals surface area contributed by atoms with Gasteiger partial charge in [-0.2, -0.15) is 13.2 Å². The fourth-order valence-electron chi connectivity index (χ4n) is 3.30. The second-order valence-corrected chi connectivity index (χ2v) is 7.05. The van der Waals surface area contributed by atoms with E-state index in [1.165, 1.54) is 11.0 Å². The normalized spacial score (nSPS) is 17.4. The van der Waals surface area contributed by atoms with E-state index < -0.39 is 23.2 Å². The molecule has 5 nitrogen and oxygen atoms in total. The van der Waals surface area contributed by atoms with Crippen molar-refractivity contribution in [3.63, 3.8) is 0 Å². The van der Waals surface area contributed by atoms with Gasteiger partial charge in [-0.05, 0) is 30.5 Å². The SMILES string of the molecule is CCC(CC)(CN)NC(=O)C1CC(=O)N(Cc2cccc(C(F)(F)F)c2)C1.Cl. The minimum absolute atomic E-state index is 0. The summed E-state index contributed by atoms with van der Waals surface area (Å²) in [5, 5.41) is 2.96. The Hall–Kier alpha value is -1.80. The summed E-state index contributed by atoms with van der Waals surface area (Å²) in [4.78, 5) is 26.3. The van der Waals surface area contributed by atoms with Crippen LogP contribution in [-0.4, -0.2) is 35.3 Å². The number of amides is 2. The lowest BCUT2D eigenvalue weighted by Crippen LogP contribution is -2.54. The average molecular weight is 422 g/mol. The van der Waals surface area contributed by atoms with E-state index in [-0.39, 0.29) is 43.7 Å². The van der Waals surface area contributed by atoms with Gasteiger partial charge >= 0.3 is 6.18 Å². The summed E-state index contributed by atoms with van der Waals surface area (Å²) in [7, 11) is 0. The van der Waals surface area contributed by atoms with Gasteiger partial charge < -0.3 is 16.0 Å². The number of hydrogen-bond acceptors (Lipinski definition) is 3. The van der Waals surface area contributed by atoms with Crippen molar-refractivity contribution in [3.05, 3.63) is 35.4 Å². The van der Waals surface area contributed by atoms with Crippen LogP contribution in [0.2, 0.25) is 0 Å². The van der Waals surface area contributed by atoms with Crippen LogP contribution in [0, 0.1) is 5.92 Å². The van der Waals surface area contributed by atoms with Crippen molar-refractivity contribution in [1.29, 1.82) is 0 Å². The van der Waals surface area contributed by atoms with Crippen molar-refractivity contribution < 1.29 is 22.8 Å². The molecule has 2 rings (SSSR count). The summed E-state index contributed by atoms with van der Waals surface area (Å²) >= 11 is 0. The molecule has 9 heteroatoms. The molecule has 0 radical (unpaired) electrons. The highest BCUT2D eigenvalue weighted by atomic mass is 35.5. The highest BCUT2D eigenvalue weighted by molar-refractivity contribution is 5.89. The zero-order valence-electron chi connectivity index (χ0n) is 16.0. The first kappa shape index (κ1) is 24.2. The number of carbonyl (C=O) groups is 2. The smallest absolute Gasteiger partial charge is 0.349 e. The molecule has 1 atom stereocenters. The standard InChI is InChI=1S/C19H26F3N3O2.ClH/c1-3-18(4-2,12-23)24-17(27)14-9-16(26)25(11-14)10-13-6-5-7-15(8-13)19(20,21)22;/h5-8,14H,3-4,9-12,23H2,1-2H3,(H,24,27);1H. The third kappa shape index (κ3) is 5.61. The van der Waals surface area contributed by atoms with Crippen LogP contribution in [-0.2, 0) is 22.3 Å². The minimum atomic E-state index is -4.43. The lowest BCUT2D eigenvalue weighted by atomic mass is 9.91. The van der Waals surface area contributed by atoms with Crippen LogP contribution < -0.4 is 11.1 Å². The first-order valence-corrected chi connectivity index (χ1v) is 9.10. The van der Waals surface area contributed by atoms with E-state index in [0.717, 1.165) is 12.1 Å². The predicted molar refractivity (Wildman–Crippen MR) is 103 cm³/mol. The van der Waals surface area contributed by atoms with E-state index in [1.54, 1.807) is 6.07 Å². The van der Waals surface area contributed by atoms with Gasteiger partial charge in [0.1, 0.15) is 0 Å². The van der Waals surface area contributed by atoms with Crippen LogP contribution in [0.25, 0.3) is 0 Å².